The Bertz CT molecular complexity index is 444. The van der Waals surface area contributed by atoms with Crippen LogP contribution in [0.1, 0.15) is 39.0 Å². The molecule has 1 N–H and O–H groups in total. The number of carbonyl (C=O) groups is 1. The number of hydrogen-bond acceptors (Lipinski definition) is 6. The summed E-state index contributed by atoms with van der Waals surface area (Å²) in [5.41, 5.74) is 0. The lowest BCUT2D eigenvalue weighted by Gasteiger charge is -2.24. The molecule has 118 valence electrons. The molecule has 6 nitrogen and oxygen atoms in total. The number of amides is 1. The zero-order valence-corrected chi connectivity index (χ0v) is 13.6. The van der Waals surface area contributed by atoms with E-state index in [0.29, 0.717) is 35.9 Å². The minimum Gasteiger partial charge on any atom is -0.415 e. The molecule has 0 aliphatic carbocycles. The summed E-state index contributed by atoms with van der Waals surface area (Å²) in [7, 11) is 0. The Kier molecular flexibility index (Phi) is 6.50. The topological polar surface area (TPSA) is 71.3 Å². The Labute approximate surface area is 130 Å². The van der Waals surface area contributed by atoms with Gasteiger partial charge in [-0.2, -0.15) is 0 Å². The van der Waals surface area contributed by atoms with Crippen molar-refractivity contribution in [3.05, 3.63) is 5.89 Å². The lowest BCUT2D eigenvalue weighted by Crippen LogP contribution is -2.29. The molecule has 21 heavy (non-hydrogen) atoms. The molecule has 2 heterocycles. The second kappa shape index (κ2) is 8.38. The van der Waals surface area contributed by atoms with Crippen molar-refractivity contribution in [3.63, 3.8) is 0 Å². The summed E-state index contributed by atoms with van der Waals surface area (Å²) in [6.45, 7) is 7.75. The number of thioether (sulfide) groups is 1. The maximum absolute atomic E-state index is 11.6. The molecule has 2 rings (SSSR count). The lowest BCUT2D eigenvalue weighted by molar-refractivity contribution is -0.118. The van der Waals surface area contributed by atoms with Gasteiger partial charge >= 0.3 is 0 Å². The van der Waals surface area contributed by atoms with Crippen LogP contribution < -0.4 is 5.32 Å². The van der Waals surface area contributed by atoms with Crippen LogP contribution in [0.3, 0.4) is 0 Å². The van der Waals surface area contributed by atoms with Gasteiger partial charge in [0.1, 0.15) is 0 Å². The third-order valence-corrected chi connectivity index (χ3v) is 4.11. The Hall–Kier alpha value is -1.08. The largest absolute Gasteiger partial charge is 0.415 e. The molecular formula is C14H24N4O2S. The summed E-state index contributed by atoms with van der Waals surface area (Å²) < 4.78 is 5.58. The van der Waals surface area contributed by atoms with Crippen molar-refractivity contribution in [3.8, 4) is 0 Å². The first-order valence-corrected chi connectivity index (χ1v) is 8.56. The van der Waals surface area contributed by atoms with Gasteiger partial charge in [0.15, 0.2) is 0 Å². The summed E-state index contributed by atoms with van der Waals surface area (Å²) in [4.78, 5) is 13.9. The van der Waals surface area contributed by atoms with Crippen LogP contribution in [0.15, 0.2) is 9.64 Å². The molecule has 1 amide bonds. The third-order valence-electron chi connectivity index (χ3n) is 3.29. The first-order chi connectivity index (χ1) is 10.1. The molecule has 1 aromatic rings. The van der Waals surface area contributed by atoms with E-state index in [1.807, 2.05) is 0 Å². The van der Waals surface area contributed by atoms with Gasteiger partial charge in [0.2, 0.25) is 11.8 Å². The number of nitrogens with one attached hydrogen (secondary N) is 1. The average Bonchev–Trinajstić information content (AvgIpc) is 2.91. The maximum Gasteiger partial charge on any atom is 0.277 e. The summed E-state index contributed by atoms with van der Waals surface area (Å²) in [5.74, 6) is 1.42. The molecule has 1 aliphatic rings. The number of piperidine rings is 1. The lowest BCUT2D eigenvalue weighted by atomic mass is 10.1. The number of likely N-dealkylation sites (tertiary alicyclic amines) is 1. The van der Waals surface area contributed by atoms with Crippen molar-refractivity contribution in [2.75, 3.05) is 25.4 Å². The highest BCUT2D eigenvalue weighted by atomic mass is 32.2. The highest BCUT2D eigenvalue weighted by Crippen LogP contribution is 2.18. The van der Waals surface area contributed by atoms with Crippen LogP contribution in [0.4, 0.5) is 0 Å². The van der Waals surface area contributed by atoms with Crippen LogP contribution >= 0.6 is 11.8 Å². The Morgan fingerprint density at radius 1 is 1.33 bits per heavy atom. The SMILES string of the molecule is CC(C)CNC(=O)CSc1nnc(CN2CCCCC2)o1. The average molecular weight is 312 g/mol. The first-order valence-electron chi connectivity index (χ1n) is 7.57. The van der Waals surface area contributed by atoms with Crippen molar-refractivity contribution in [1.82, 2.24) is 20.4 Å². The predicted molar refractivity (Wildman–Crippen MR) is 82.0 cm³/mol. The highest BCUT2D eigenvalue weighted by Gasteiger charge is 2.15. The van der Waals surface area contributed by atoms with Gasteiger partial charge in [0.05, 0.1) is 12.3 Å². The summed E-state index contributed by atoms with van der Waals surface area (Å²) in [5, 5.41) is 11.4. The van der Waals surface area contributed by atoms with E-state index in [-0.39, 0.29) is 5.91 Å². The van der Waals surface area contributed by atoms with E-state index < -0.39 is 0 Å². The summed E-state index contributed by atoms with van der Waals surface area (Å²) >= 11 is 1.29. The van der Waals surface area contributed by atoms with Gasteiger partial charge in [-0.25, -0.2) is 0 Å². The van der Waals surface area contributed by atoms with Crippen LogP contribution in [-0.2, 0) is 11.3 Å². The molecular weight excluding hydrogens is 288 g/mol. The molecule has 1 saturated heterocycles. The molecule has 0 bridgehead atoms. The van der Waals surface area contributed by atoms with Gasteiger partial charge in [0.25, 0.3) is 5.22 Å². The molecule has 1 aliphatic heterocycles. The highest BCUT2D eigenvalue weighted by molar-refractivity contribution is 7.99. The normalized spacial score (nSPS) is 16.3. The quantitative estimate of drug-likeness (QED) is 0.776. The van der Waals surface area contributed by atoms with Gasteiger partial charge < -0.3 is 9.73 Å². The number of hydrogen-bond donors (Lipinski definition) is 1. The van der Waals surface area contributed by atoms with E-state index in [0.717, 1.165) is 13.1 Å². The van der Waals surface area contributed by atoms with Crippen LogP contribution in [0, 0.1) is 5.92 Å². The van der Waals surface area contributed by atoms with E-state index in [2.05, 4.69) is 34.3 Å². The van der Waals surface area contributed by atoms with Crippen molar-refractivity contribution in [1.29, 1.82) is 0 Å². The predicted octanol–water partition coefficient (Wildman–Crippen LogP) is 1.92. The molecule has 1 aromatic heterocycles. The molecule has 0 unspecified atom stereocenters. The van der Waals surface area contributed by atoms with Gasteiger partial charge in [-0.15, -0.1) is 10.2 Å². The van der Waals surface area contributed by atoms with E-state index in [4.69, 9.17) is 4.42 Å². The van der Waals surface area contributed by atoms with Crippen molar-refractivity contribution < 1.29 is 9.21 Å². The maximum atomic E-state index is 11.6. The second-order valence-electron chi connectivity index (χ2n) is 5.79. The first kappa shape index (κ1) is 16.3. The van der Waals surface area contributed by atoms with E-state index in [9.17, 15) is 4.79 Å². The monoisotopic (exact) mass is 312 g/mol. The van der Waals surface area contributed by atoms with Crippen LogP contribution in [0.25, 0.3) is 0 Å². The number of nitrogens with zero attached hydrogens (tertiary/aromatic N) is 3. The van der Waals surface area contributed by atoms with Gasteiger partial charge in [-0.1, -0.05) is 32.0 Å². The third kappa shape index (κ3) is 6.05. The zero-order valence-electron chi connectivity index (χ0n) is 12.8. The van der Waals surface area contributed by atoms with Crippen LogP contribution in [0.2, 0.25) is 0 Å². The summed E-state index contributed by atoms with van der Waals surface area (Å²) in [6, 6.07) is 0. The number of rotatable bonds is 7. The van der Waals surface area contributed by atoms with E-state index in [1.54, 1.807) is 0 Å². The molecule has 0 aromatic carbocycles. The fraction of sp³-hybridized carbons (Fsp3) is 0.786. The minimum atomic E-state index is 0.00415. The smallest absolute Gasteiger partial charge is 0.277 e. The molecule has 0 atom stereocenters. The molecule has 7 heteroatoms. The molecule has 0 spiro atoms. The Morgan fingerprint density at radius 3 is 2.81 bits per heavy atom. The fourth-order valence-corrected chi connectivity index (χ4v) is 2.78. The molecule has 0 saturated carbocycles. The Morgan fingerprint density at radius 2 is 2.10 bits per heavy atom. The fourth-order valence-electron chi connectivity index (χ4n) is 2.17. The summed E-state index contributed by atoms with van der Waals surface area (Å²) in [6.07, 6.45) is 3.80. The van der Waals surface area contributed by atoms with Crippen LogP contribution in [-0.4, -0.2) is 46.4 Å². The van der Waals surface area contributed by atoms with Crippen molar-refractivity contribution in [2.24, 2.45) is 5.92 Å². The standard InChI is InChI=1S/C14H24N4O2S/c1-11(2)8-15-12(19)10-21-14-17-16-13(20-14)9-18-6-4-3-5-7-18/h11H,3-10H2,1-2H3,(H,15,19). The van der Waals surface area contributed by atoms with E-state index >= 15 is 0 Å². The van der Waals surface area contributed by atoms with E-state index in [1.165, 1.54) is 31.0 Å². The number of carbonyl (C=O) groups excluding carboxylic acids is 1. The molecule has 0 radical (unpaired) electrons. The van der Waals surface area contributed by atoms with Crippen molar-refractivity contribution >= 4 is 17.7 Å². The molecule has 1 fully saturated rings. The second-order valence-corrected chi connectivity index (χ2v) is 6.71. The Balaban J connectivity index is 1.71. The van der Waals surface area contributed by atoms with Crippen LogP contribution in [0.5, 0.6) is 0 Å². The van der Waals surface area contributed by atoms with Gasteiger partial charge in [-0.3, -0.25) is 9.69 Å². The van der Waals surface area contributed by atoms with Gasteiger partial charge in [0, 0.05) is 6.54 Å². The van der Waals surface area contributed by atoms with Crippen molar-refractivity contribution in [2.45, 2.75) is 44.9 Å². The zero-order chi connectivity index (χ0) is 15.1. The van der Waals surface area contributed by atoms with Gasteiger partial charge in [-0.05, 0) is 31.8 Å². The number of aromatic nitrogens is 2. The minimum absolute atomic E-state index is 0.00415.